The summed E-state index contributed by atoms with van der Waals surface area (Å²) >= 11 is 0. The summed E-state index contributed by atoms with van der Waals surface area (Å²) in [7, 11) is 1.71. The minimum atomic E-state index is -0.326. The Morgan fingerprint density at radius 2 is 1.83 bits per heavy atom. The zero-order valence-electron chi connectivity index (χ0n) is 17.5. The monoisotopic (exact) mass is 417 g/mol. The summed E-state index contributed by atoms with van der Waals surface area (Å²) < 4.78 is 38.0. The molecule has 3 rings (SSSR count). The molecule has 2 aromatic carbocycles. The van der Waals surface area contributed by atoms with Crippen LogP contribution in [0.3, 0.4) is 0 Å². The molecule has 30 heavy (non-hydrogen) atoms. The van der Waals surface area contributed by atoms with E-state index in [0.29, 0.717) is 38.0 Å². The van der Waals surface area contributed by atoms with E-state index >= 15 is 0 Å². The molecule has 0 aromatic heterocycles. The first-order valence-corrected chi connectivity index (χ1v) is 10.2. The first-order chi connectivity index (χ1) is 14.5. The van der Waals surface area contributed by atoms with E-state index in [2.05, 4.69) is 15.6 Å². The van der Waals surface area contributed by atoms with E-state index in [1.807, 2.05) is 19.1 Å². The number of rotatable bonds is 7. The van der Waals surface area contributed by atoms with Crippen LogP contribution in [0.4, 0.5) is 8.78 Å². The van der Waals surface area contributed by atoms with Crippen LogP contribution < -0.4 is 15.4 Å². The van der Waals surface area contributed by atoms with Gasteiger partial charge in [-0.15, -0.1) is 0 Å². The van der Waals surface area contributed by atoms with Crippen molar-refractivity contribution in [3.8, 4) is 5.75 Å². The Bertz CT molecular complexity index is 837. The molecule has 1 saturated heterocycles. The number of nitrogens with one attached hydrogen (secondary N) is 2. The highest BCUT2D eigenvalue weighted by Gasteiger charge is 2.34. The number of benzene rings is 2. The Morgan fingerprint density at radius 3 is 2.50 bits per heavy atom. The summed E-state index contributed by atoms with van der Waals surface area (Å²) in [5, 5.41) is 6.65. The van der Waals surface area contributed by atoms with Crippen LogP contribution in [0.1, 0.15) is 25.3 Å². The summed E-state index contributed by atoms with van der Waals surface area (Å²) in [6.07, 6.45) is 1.52. The molecule has 5 nitrogen and oxygen atoms in total. The number of halogens is 2. The van der Waals surface area contributed by atoms with Crippen LogP contribution in [0.5, 0.6) is 5.75 Å². The molecule has 0 radical (unpaired) electrons. The van der Waals surface area contributed by atoms with Crippen molar-refractivity contribution in [2.24, 2.45) is 4.99 Å². The maximum Gasteiger partial charge on any atom is 0.191 e. The van der Waals surface area contributed by atoms with Crippen LogP contribution in [0.2, 0.25) is 0 Å². The Kier molecular flexibility index (Phi) is 7.63. The van der Waals surface area contributed by atoms with Crippen LogP contribution in [0, 0.1) is 11.6 Å². The minimum absolute atomic E-state index is 0.146. The maximum atomic E-state index is 13.4. The highest BCUT2D eigenvalue weighted by Crippen LogP contribution is 2.34. The Labute approximate surface area is 176 Å². The van der Waals surface area contributed by atoms with E-state index in [0.717, 1.165) is 18.4 Å². The number of hydrogen-bond donors (Lipinski definition) is 2. The number of aliphatic imine (C=N–C) groups is 1. The maximum absolute atomic E-state index is 13.4. The lowest BCUT2D eigenvalue weighted by Crippen LogP contribution is -2.49. The Morgan fingerprint density at radius 1 is 1.10 bits per heavy atom. The predicted molar refractivity (Wildman–Crippen MR) is 114 cm³/mol. The quantitative estimate of drug-likeness (QED) is 0.534. The average Bonchev–Trinajstić information content (AvgIpc) is 2.75. The first kappa shape index (κ1) is 22.0. The summed E-state index contributed by atoms with van der Waals surface area (Å²) in [4.78, 5) is 4.29. The molecular weight excluding hydrogens is 388 g/mol. The molecule has 0 spiro atoms. The van der Waals surface area contributed by atoms with Crippen molar-refractivity contribution < 1.29 is 18.3 Å². The van der Waals surface area contributed by atoms with Crippen LogP contribution in [-0.2, 0) is 10.2 Å². The van der Waals surface area contributed by atoms with Crippen molar-refractivity contribution >= 4 is 5.96 Å². The molecule has 162 valence electrons. The molecule has 1 fully saturated rings. The lowest BCUT2D eigenvalue weighted by molar-refractivity contribution is 0.0513. The number of guanidine groups is 1. The summed E-state index contributed by atoms with van der Waals surface area (Å²) in [6.45, 7) is 4.40. The SMILES string of the molecule is CN=C(NCC(C)Oc1cccc(F)c1)NCC1(c2ccc(F)cc2)CCOCC1. The van der Waals surface area contributed by atoms with Crippen molar-refractivity contribution in [2.75, 3.05) is 33.4 Å². The Hall–Kier alpha value is -2.67. The van der Waals surface area contributed by atoms with Crippen LogP contribution in [0.15, 0.2) is 53.5 Å². The first-order valence-electron chi connectivity index (χ1n) is 10.2. The molecule has 2 N–H and O–H groups in total. The second-order valence-electron chi connectivity index (χ2n) is 7.59. The highest BCUT2D eigenvalue weighted by molar-refractivity contribution is 5.79. The molecule has 1 aliphatic heterocycles. The third kappa shape index (κ3) is 5.92. The molecule has 1 atom stereocenters. The number of hydrogen-bond acceptors (Lipinski definition) is 3. The molecule has 0 saturated carbocycles. The van der Waals surface area contributed by atoms with E-state index in [-0.39, 0.29) is 23.2 Å². The van der Waals surface area contributed by atoms with E-state index in [1.54, 1.807) is 19.2 Å². The van der Waals surface area contributed by atoms with Gasteiger partial charge >= 0.3 is 0 Å². The smallest absolute Gasteiger partial charge is 0.191 e. The highest BCUT2D eigenvalue weighted by atomic mass is 19.1. The van der Waals surface area contributed by atoms with Crippen molar-refractivity contribution in [3.63, 3.8) is 0 Å². The molecule has 1 unspecified atom stereocenters. The Balaban J connectivity index is 1.56. The fourth-order valence-corrected chi connectivity index (χ4v) is 3.66. The fourth-order valence-electron chi connectivity index (χ4n) is 3.66. The molecule has 1 heterocycles. The molecule has 1 aliphatic rings. The zero-order valence-corrected chi connectivity index (χ0v) is 17.5. The normalized spacial score (nSPS) is 17.3. The standard InChI is InChI=1S/C23H29F2N3O2/c1-17(30-21-5-3-4-20(25)14-21)15-27-22(26-2)28-16-23(10-12-29-13-11-23)18-6-8-19(24)9-7-18/h3-9,14,17H,10-13,15-16H2,1-2H3,(H2,26,27,28). The second-order valence-corrected chi connectivity index (χ2v) is 7.59. The van der Waals surface area contributed by atoms with Crippen molar-refractivity contribution in [1.29, 1.82) is 0 Å². The molecule has 0 bridgehead atoms. The van der Waals surface area contributed by atoms with Crippen LogP contribution in [-0.4, -0.2) is 45.4 Å². The van der Waals surface area contributed by atoms with Crippen molar-refractivity contribution in [3.05, 3.63) is 65.7 Å². The molecule has 0 aliphatic carbocycles. The topological polar surface area (TPSA) is 54.9 Å². The van der Waals surface area contributed by atoms with Gasteiger partial charge in [-0.3, -0.25) is 4.99 Å². The number of ether oxygens (including phenoxy) is 2. The molecule has 0 amide bonds. The summed E-state index contributed by atoms with van der Waals surface area (Å²) in [6, 6.07) is 12.8. The summed E-state index contributed by atoms with van der Waals surface area (Å²) in [5.41, 5.74) is 0.950. The predicted octanol–water partition coefficient (Wildman–Crippen LogP) is 3.65. The van der Waals surface area contributed by atoms with Crippen molar-refractivity contribution in [2.45, 2.75) is 31.3 Å². The van der Waals surface area contributed by atoms with Gasteiger partial charge in [-0.1, -0.05) is 18.2 Å². The van der Waals surface area contributed by atoms with Crippen LogP contribution in [0.25, 0.3) is 0 Å². The van der Waals surface area contributed by atoms with Gasteiger partial charge in [0.05, 0.1) is 6.54 Å². The average molecular weight is 418 g/mol. The third-order valence-electron chi connectivity index (χ3n) is 5.41. The molecule has 7 heteroatoms. The second kappa shape index (κ2) is 10.4. The summed E-state index contributed by atoms with van der Waals surface area (Å²) in [5.74, 6) is 0.578. The zero-order chi connectivity index (χ0) is 21.4. The van der Waals surface area contributed by atoms with Gasteiger partial charge in [0.1, 0.15) is 23.5 Å². The molecule has 2 aromatic rings. The lowest BCUT2D eigenvalue weighted by Gasteiger charge is -2.38. The van der Waals surface area contributed by atoms with Gasteiger partial charge in [0, 0.05) is 38.3 Å². The third-order valence-corrected chi connectivity index (χ3v) is 5.41. The lowest BCUT2D eigenvalue weighted by atomic mass is 9.74. The van der Waals surface area contributed by atoms with E-state index in [4.69, 9.17) is 9.47 Å². The van der Waals surface area contributed by atoms with Gasteiger partial charge in [-0.05, 0) is 49.6 Å². The van der Waals surface area contributed by atoms with Gasteiger partial charge < -0.3 is 20.1 Å². The van der Waals surface area contributed by atoms with E-state index in [1.165, 1.54) is 24.3 Å². The van der Waals surface area contributed by atoms with E-state index in [9.17, 15) is 8.78 Å². The van der Waals surface area contributed by atoms with Crippen LogP contribution >= 0.6 is 0 Å². The largest absolute Gasteiger partial charge is 0.489 e. The van der Waals surface area contributed by atoms with Gasteiger partial charge in [-0.25, -0.2) is 8.78 Å². The minimum Gasteiger partial charge on any atom is -0.489 e. The van der Waals surface area contributed by atoms with Gasteiger partial charge in [-0.2, -0.15) is 0 Å². The molecular formula is C23H29F2N3O2. The fraction of sp³-hybridized carbons (Fsp3) is 0.435. The van der Waals surface area contributed by atoms with E-state index < -0.39 is 0 Å². The van der Waals surface area contributed by atoms with Crippen molar-refractivity contribution in [1.82, 2.24) is 10.6 Å². The number of nitrogens with zero attached hydrogens (tertiary/aromatic N) is 1. The van der Waals surface area contributed by atoms with Gasteiger partial charge in [0.15, 0.2) is 5.96 Å². The van der Waals surface area contributed by atoms with Gasteiger partial charge in [0.2, 0.25) is 0 Å². The van der Waals surface area contributed by atoms with Gasteiger partial charge in [0.25, 0.3) is 0 Å².